The number of aromatic nitrogens is 1. The fourth-order valence-corrected chi connectivity index (χ4v) is 1.86. The molecule has 4 heteroatoms. The lowest BCUT2D eigenvalue weighted by Gasteiger charge is -2.30. The summed E-state index contributed by atoms with van der Waals surface area (Å²) in [6.45, 7) is 4.50. The van der Waals surface area contributed by atoms with Crippen molar-refractivity contribution in [3.05, 3.63) is 24.4 Å². The van der Waals surface area contributed by atoms with Crippen LogP contribution in [0.5, 0.6) is 0 Å². The Morgan fingerprint density at radius 1 is 1.31 bits per heavy atom. The van der Waals surface area contributed by atoms with Gasteiger partial charge in [-0.25, -0.2) is 4.98 Å². The standard InChI is InChI=1S/C9H17N3Si/c1-12(2)13(3,4)11-9-7-5-6-8-10-9/h5-8H,1-4H3,(H,10,11). The smallest absolute Gasteiger partial charge is 0.227 e. The fraction of sp³-hybridized carbons (Fsp3) is 0.444. The van der Waals surface area contributed by atoms with E-state index in [-0.39, 0.29) is 0 Å². The van der Waals surface area contributed by atoms with Gasteiger partial charge >= 0.3 is 0 Å². The molecule has 0 amide bonds. The Balaban J connectivity index is 2.69. The Bertz CT molecular complexity index is 259. The van der Waals surface area contributed by atoms with Crippen LogP contribution in [-0.4, -0.2) is 32.0 Å². The molecule has 72 valence electrons. The Morgan fingerprint density at radius 2 is 2.00 bits per heavy atom. The van der Waals surface area contributed by atoms with Crippen molar-refractivity contribution in [1.82, 2.24) is 9.55 Å². The number of hydrogen-bond donors (Lipinski definition) is 1. The molecule has 1 rings (SSSR count). The molecule has 0 bridgehead atoms. The summed E-state index contributed by atoms with van der Waals surface area (Å²) in [5.74, 6) is 0.966. The number of rotatable bonds is 3. The first-order valence-electron chi connectivity index (χ1n) is 4.39. The van der Waals surface area contributed by atoms with Crippen molar-refractivity contribution in [3.63, 3.8) is 0 Å². The molecule has 0 radical (unpaired) electrons. The monoisotopic (exact) mass is 195 g/mol. The highest BCUT2D eigenvalue weighted by Gasteiger charge is 2.24. The highest BCUT2D eigenvalue weighted by Crippen LogP contribution is 2.09. The van der Waals surface area contributed by atoms with Gasteiger partial charge < -0.3 is 9.55 Å². The molecule has 0 saturated heterocycles. The minimum absolute atomic E-state index is 0.966. The van der Waals surface area contributed by atoms with E-state index in [0.717, 1.165) is 5.82 Å². The predicted molar refractivity (Wildman–Crippen MR) is 59.0 cm³/mol. The minimum atomic E-state index is -1.50. The molecule has 1 N–H and O–H groups in total. The van der Waals surface area contributed by atoms with E-state index in [1.54, 1.807) is 0 Å². The maximum atomic E-state index is 4.24. The van der Waals surface area contributed by atoms with Gasteiger partial charge in [0.1, 0.15) is 5.82 Å². The molecule has 0 fully saturated rings. The molecule has 0 aliphatic carbocycles. The molecule has 0 spiro atoms. The number of pyridine rings is 1. The lowest BCUT2D eigenvalue weighted by molar-refractivity contribution is 0.626. The van der Waals surface area contributed by atoms with Gasteiger partial charge in [-0.3, -0.25) is 0 Å². The summed E-state index contributed by atoms with van der Waals surface area (Å²) < 4.78 is 2.25. The summed E-state index contributed by atoms with van der Waals surface area (Å²) in [5, 5.41) is 0. The third-order valence-corrected chi connectivity index (χ3v) is 5.32. The largest absolute Gasteiger partial charge is 0.383 e. The first-order chi connectivity index (χ1) is 6.02. The van der Waals surface area contributed by atoms with Crippen LogP contribution in [0.4, 0.5) is 5.82 Å². The number of nitrogens with one attached hydrogen (secondary N) is 1. The first kappa shape index (κ1) is 10.2. The summed E-state index contributed by atoms with van der Waals surface area (Å²) >= 11 is 0. The van der Waals surface area contributed by atoms with E-state index in [0.29, 0.717) is 0 Å². The van der Waals surface area contributed by atoms with Crippen LogP contribution in [0.3, 0.4) is 0 Å². The predicted octanol–water partition coefficient (Wildman–Crippen LogP) is 1.76. The molecule has 0 saturated carbocycles. The van der Waals surface area contributed by atoms with Gasteiger partial charge in [-0.15, -0.1) is 0 Å². The number of nitrogens with zero attached hydrogens (tertiary/aromatic N) is 2. The van der Waals surface area contributed by atoms with Gasteiger partial charge in [-0.1, -0.05) is 6.07 Å². The molecule has 1 heterocycles. The molecule has 1 aromatic rings. The van der Waals surface area contributed by atoms with Gasteiger partial charge in [0.05, 0.1) is 0 Å². The van der Waals surface area contributed by atoms with Crippen molar-refractivity contribution in [1.29, 1.82) is 0 Å². The molecule has 0 atom stereocenters. The van der Waals surface area contributed by atoms with Crippen molar-refractivity contribution >= 4 is 14.2 Å². The number of anilines is 1. The molecule has 1 aromatic heterocycles. The maximum Gasteiger partial charge on any atom is 0.227 e. The van der Waals surface area contributed by atoms with Gasteiger partial charge in [0, 0.05) is 6.20 Å². The van der Waals surface area contributed by atoms with E-state index >= 15 is 0 Å². The normalized spacial score (nSPS) is 11.8. The zero-order valence-electron chi connectivity index (χ0n) is 8.70. The topological polar surface area (TPSA) is 28.2 Å². The first-order valence-corrected chi connectivity index (χ1v) is 7.34. The van der Waals surface area contributed by atoms with Crippen LogP contribution >= 0.6 is 0 Å². The van der Waals surface area contributed by atoms with Gasteiger partial charge in [0.25, 0.3) is 0 Å². The zero-order chi connectivity index (χ0) is 9.90. The van der Waals surface area contributed by atoms with Crippen LogP contribution in [0.25, 0.3) is 0 Å². The third kappa shape index (κ3) is 2.82. The average molecular weight is 195 g/mol. The lowest BCUT2D eigenvalue weighted by Crippen LogP contribution is -2.51. The van der Waals surface area contributed by atoms with Crippen molar-refractivity contribution in [2.24, 2.45) is 0 Å². The zero-order valence-corrected chi connectivity index (χ0v) is 9.70. The van der Waals surface area contributed by atoms with Crippen molar-refractivity contribution in [2.45, 2.75) is 13.1 Å². The second-order valence-electron chi connectivity index (χ2n) is 3.79. The van der Waals surface area contributed by atoms with Crippen LogP contribution in [0, 0.1) is 0 Å². The molecule has 3 nitrogen and oxygen atoms in total. The highest BCUT2D eigenvalue weighted by atomic mass is 28.3. The van der Waals surface area contributed by atoms with Gasteiger partial charge in [0.2, 0.25) is 8.40 Å². The molecule has 0 aliphatic rings. The van der Waals surface area contributed by atoms with Crippen LogP contribution in [-0.2, 0) is 0 Å². The molecular formula is C9H17N3Si. The van der Waals surface area contributed by atoms with E-state index in [1.165, 1.54) is 0 Å². The summed E-state index contributed by atoms with van der Waals surface area (Å²) in [6.07, 6.45) is 1.81. The van der Waals surface area contributed by atoms with E-state index in [4.69, 9.17) is 0 Å². The molecule has 0 unspecified atom stereocenters. The molecule has 0 aliphatic heterocycles. The van der Waals surface area contributed by atoms with Gasteiger partial charge in [-0.2, -0.15) is 0 Å². The SMILES string of the molecule is CN(C)[Si](C)(C)Nc1ccccn1. The summed E-state index contributed by atoms with van der Waals surface area (Å²) in [5.41, 5.74) is 0. The van der Waals surface area contributed by atoms with Crippen molar-refractivity contribution in [3.8, 4) is 0 Å². The van der Waals surface area contributed by atoms with Crippen LogP contribution in [0.1, 0.15) is 0 Å². The third-order valence-electron chi connectivity index (χ3n) is 2.22. The van der Waals surface area contributed by atoms with Crippen LogP contribution in [0.2, 0.25) is 13.1 Å². The Kier molecular flexibility index (Phi) is 3.06. The van der Waals surface area contributed by atoms with Crippen molar-refractivity contribution < 1.29 is 0 Å². The second-order valence-corrected chi connectivity index (χ2v) is 8.06. The summed E-state index contributed by atoms with van der Waals surface area (Å²) in [6, 6.07) is 5.92. The summed E-state index contributed by atoms with van der Waals surface area (Å²) in [4.78, 5) is 7.71. The lowest BCUT2D eigenvalue weighted by atomic mass is 10.5. The highest BCUT2D eigenvalue weighted by molar-refractivity contribution is 6.77. The Labute approximate surface area is 81.0 Å². The van der Waals surface area contributed by atoms with E-state index < -0.39 is 8.40 Å². The van der Waals surface area contributed by atoms with Crippen LogP contribution < -0.4 is 4.98 Å². The summed E-state index contributed by atoms with van der Waals surface area (Å²) in [7, 11) is 2.70. The quantitative estimate of drug-likeness (QED) is 0.745. The van der Waals surface area contributed by atoms with Gasteiger partial charge in [0.15, 0.2) is 0 Å². The average Bonchev–Trinajstić information content (AvgIpc) is 2.05. The molecule has 13 heavy (non-hydrogen) atoms. The van der Waals surface area contributed by atoms with E-state index in [2.05, 4.69) is 41.7 Å². The Hall–Kier alpha value is -0.873. The van der Waals surface area contributed by atoms with Crippen molar-refractivity contribution in [2.75, 3.05) is 19.1 Å². The number of hydrogen-bond acceptors (Lipinski definition) is 3. The minimum Gasteiger partial charge on any atom is -0.383 e. The molecular weight excluding hydrogens is 178 g/mol. The van der Waals surface area contributed by atoms with Crippen LogP contribution in [0.15, 0.2) is 24.4 Å². The molecule has 0 aromatic carbocycles. The second kappa shape index (κ2) is 3.89. The van der Waals surface area contributed by atoms with Gasteiger partial charge in [-0.05, 0) is 39.3 Å². The fourth-order valence-electron chi connectivity index (χ4n) is 0.862. The Morgan fingerprint density at radius 3 is 2.46 bits per heavy atom. The maximum absolute atomic E-state index is 4.24. The van der Waals surface area contributed by atoms with E-state index in [1.807, 2.05) is 24.4 Å². The van der Waals surface area contributed by atoms with E-state index in [9.17, 15) is 0 Å².